The van der Waals surface area contributed by atoms with Crippen LogP contribution in [0, 0.1) is 5.82 Å². The molecule has 0 saturated heterocycles. The molecule has 0 fully saturated rings. The molecule has 0 amide bonds. The first-order valence-corrected chi connectivity index (χ1v) is 7.23. The minimum absolute atomic E-state index is 0.0246. The van der Waals surface area contributed by atoms with Crippen LogP contribution in [0.4, 0.5) is 10.1 Å². The number of halogens is 1. The first kappa shape index (κ1) is 13.9. The third-order valence-corrected chi connectivity index (χ3v) is 3.83. The Morgan fingerprint density at radius 2 is 1.95 bits per heavy atom. The SMILES string of the molecule is CC(C)(C)c1ccc2c(c1)NC(c1cccc(F)c1)CO2. The molecule has 1 heterocycles. The highest BCUT2D eigenvalue weighted by molar-refractivity contribution is 5.61. The number of benzene rings is 2. The molecule has 110 valence electrons. The van der Waals surface area contributed by atoms with Crippen molar-refractivity contribution in [3.05, 3.63) is 59.4 Å². The molecular formula is C18H20FNO. The zero-order valence-electron chi connectivity index (χ0n) is 12.6. The van der Waals surface area contributed by atoms with Gasteiger partial charge in [0.2, 0.25) is 0 Å². The normalized spacial score (nSPS) is 17.6. The van der Waals surface area contributed by atoms with E-state index in [1.54, 1.807) is 12.1 Å². The first-order chi connectivity index (χ1) is 9.93. The molecule has 21 heavy (non-hydrogen) atoms. The second-order valence-corrected chi connectivity index (χ2v) is 6.52. The number of ether oxygens (including phenoxy) is 1. The van der Waals surface area contributed by atoms with Crippen LogP contribution in [0.15, 0.2) is 42.5 Å². The Morgan fingerprint density at radius 3 is 2.67 bits per heavy atom. The quantitative estimate of drug-likeness (QED) is 0.822. The predicted molar refractivity (Wildman–Crippen MR) is 83.4 cm³/mol. The smallest absolute Gasteiger partial charge is 0.142 e. The molecule has 1 aliphatic rings. The summed E-state index contributed by atoms with van der Waals surface area (Å²) < 4.78 is 19.2. The highest BCUT2D eigenvalue weighted by atomic mass is 19.1. The van der Waals surface area contributed by atoms with Crippen LogP contribution in [0.5, 0.6) is 5.75 Å². The largest absolute Gasteiger partial charge is 0.489 e. The maximum absolute atomic E-state index is 13.4. The minimum Gasteiger partial charge on any atom is -0.489 e. The Hall–Kier alpha value is -2.03. The number of hydrogen-bond donors (Lipinski definition) is 1. The molecule has 0 aliphatic carbocycles. The van der Waals surface area contributed by atoms with Gasteiger partial charge < -0.3 is 10.1 Å². The van der Waals surface area contributed by atoms with Crippen molar-refractivity contribution in [3.8, 4) is 5.75 Å². The van der Waals surface area contributed by atoms with Crippen molar-refractivity contribution in [2.45, 2.75) is 32.2 Å². The number of hydrogen-bond acceptors (Lipinski definition) is 2. The highest BCUT2D eigenvalue weighted by Crippen LogP contribution is 2.37. The first-order valence-electron chi connectivity index (χ1n) is 7.23. The van der Waals surface area contributed by atoms with E-state index in [1.165, 1.54) is 11.6 Å². The Bertz CT molecular complexity index is 661. The molecule has 0 aromatic heterocycles. The lowest BCUT2D eigenvalue weighted by Gasteiger charge is -2.30. The van der Waals surface area contributed by atoms with Crippen molar-refractivity contribution in [1.82, 2.24) is 0 Å². The zero-order chi connectivity index (χ0) is 15.0. The predicted octanol–water partition coefficient (Wildman–Crippen LogP) is 4.67. The van der Waals surface area contributed by atoms with Crippen molar-refractivity contribution in [2.24, 2.45) is 0 Å². The summed E-state index contributed by atoms with van der Waals surface area (Å²) in [7, 11) is 0. The van der Waals surface area contributed by atoms with Gasteiger partial charge in [0.1, 0.15) is 18.2 Å². The fourth-order valence-electron chi connectivity index (χ4n) is 2.54. The van der Waals surface area contributed by atoms with Crippen molar-refractivity contribution in [1.29, 1.82) is 0 Å². The summed E-state index contributed by atoms with van der Waals surface area (Å²) in [5.74, 6) is 0.638. The number of rotatable bonds is 1. The average Bonchev–Trinajstić information content (AvgIpc) is 2.45. The zero-order valence-corrected chi connectivity index (χ0v) is 12.6. The molecule has 1 atom stereocenters. The molecule has 2 nitrogen and oxygen atoms in total. The van der Waals surface area contributed by atoms with Gasteiger partial charge in [0.25, 0.3) is 0 Å². The fraction of sp³-hybridized carbons (Fsp3) is 0.333. The van der Waals surface area contributed by atoms with Gasteiger partial charge in [0, 0.05) is 0 Å². The van der Waals surface area contributed by atoms with E-state index in [-0.39, 0.29) is 17.3 Å². The topological polar surface area (TPSA) is 21.3 Å². The number of nitrogens with one attached hydrogen (secondary N) is 1. The Kier molecular flexibility index (Phi) is 3.36. The summed E-state index contributed by atoms with van der Waals surface area (Å²) >= 11 is 0. The maximum Gasteiger partial charge on any atom is 0.142 e. The summed E-state index contributed by atoms with van der Waals surface area (Å²) in [6.07, 6.45) is 0. The van der Waals surface area contributed by atoms with E-state index >= 15 is 0 Å². The van der Waals surface area contributed by atoms with Gasteiger partial charge in [-0.05, 0) is 40.8 Å². The number of anilines is 1. The maximum atomic E-state index is 13.4. The van der Waals surface area contributed by atoms with E-state index in [2.05, 4.69) is 38.2 Å². The van der Waals surface area contributed by atoms with Crippen LogP contribution >= 0.6 is 0 Å². The molecular weight excluding hydrogens is 265 g/mol. The molecule has 1 unspecified atom stereocenters. The van der Waals surface area contributed by atoms with Crippen molar-refractivity contribution in [3.63, 3.8) is 0 Å². The van der Waals surface area contributed by atoms with Crippen LogP contribution < -0.4 is 10.1 Å². The van der Waals surface area contributed by atoms with Gasteiger partial charge in [0.15, 0.2) is 0 Å². The third-order valence-electron chi connectivity index (χ3n) is 3.83. The van der Waals surface area contributed by atoms with Gasteiger partial charge in [0.05, 0.1) is 11.7 Å². The molecule has 3 heteroatoms. The lowest BCUT2D eigenvalue weighted by atomic mass is 9.86. The standard InChI is InChI=1S/C18H20FNO/c1-18(2,3)13-7-8-17-15(10-13)20-16(11-21-17)12-5-4-6-14(19)9-12/h4-10,16,20H,11H2,1-3H3. The highest BCUT2D eigenvalue weighted by Gasteiger charge is 2.23. The Morgan fingerprint density at radius 1 is 1.14 bits per heavy atom. The second kappa shape index (κ2) is 5.06. The molecule has 2 aromatic rings. The second-order valence-electron chi connectivity index (χ2n) is 6.52. The molecule has 0 saturated carbocycles. The van der Waals surface area contributed by atoms with Crippen LogP contribution in [0.2, 0.25) is 0 Å². The van der Waals surface area contributed by atoms with E-state index in [9.17, 15) is 4.39 Å². The number of fused-ring (bicyclic) bond motifs is 1. The van der Waals surface area contributed by atoms with Crippen molar-refractivity contribution < 1.29 is 9.13 Å². The summed E-state index contributed by atoms with van der Waals surface area (Å²) in [6, 6.07) is 12.9. The van der Waals surface area contributed by atoms with Crippen molar-refractivity contribution in [2.75, 3.05) is 11.9 Å². The summed E-state index contributed by atoms with van der Waals surface area (Å²) in [5, 5.41) is 3.46. The van der Waals surface area contributed by atoms with E-state index < -0.39 is 0 Å². The molecule has 0 bridgehead atoms. The molecule has 0 radical (unpaired) electrons. The molecule has 2 aromatic carbocycles. The van der Waals surface area contributed by atoms with E-state index in [1.807, 2.05) is 12.1 Å². The lowest BCUT2D eigenvalue weighted by Crippen LogP contribution is -2.24. The monoisotopic (exact) mass is 285 g/mol. The van der Waals surface area contributed by atoms with Crippen LogP contribution in [-0.4, -0.2) is 6.61 Å². The molecule has 1 aliphatic heterocycles. The van der Waals surface area contributed by atoms with Crippen molar-refractivity contribution >= 4 is 5.69 Å². The Balaban J connectivity index is 1.90. The van der Waals surface area contributed by atoms with Gasteiger partial charge in [-0.2, -0.15) is 0 Å². The minimum atomic E-state index is -0.219. The van der Waals surface area contributed by atoms with Crippen LogP contribution in [0.3, 0.4) is 0 Å². The lowest BCUT2D eigenvalue weighted by molar-refractivity contribution is 0.286. The molecule has 3 rings (SSSR count). The fourth-order valence-corrected chi connectivity index (χ4v) is 2.54. The van der Waals surface area contributed by atoms with E-state index in [0.717, 1.165) is 17.0 Å². The van der Waals surface area contributed by atoms with Crippen LogP contribution in [0.25, 0.3) is 0 Å². The van der Waals surface area contributed by atoms with E-state index in [0.29, 0.717) is 6.61 Å². The Labute approximate surface area is 125 Å². The van der Waals surface area contributed by atoms with E-state index in [4.69, 9.17) is 4.74 Å². The average molecular weight is 285 g/mol. The van der Waals surface area contributed by atoms with Gasteiger partial charge in [-0.25, -0.2) is 4.39 Å². The van der Waals surface area contributed by atoms with Gasteiger partial charge in [-0.1, -0.05) is 39.0 Å². The molecule has 0 spiro atoms. The van der Waals surface area contributed by atoms with Gasteiger partial charge in [-0.15, -0.1) is 0 Å². The summed E-state index contributed by atoms with van der Waals surface area (Å²) in [5.41, 5.74) is 3.21. The van der Waals surface area contributed by atoms with Gasteiger partial charge in [-0.3, -0.25) is 0 Å². The summed E-state index contributed by atoms with van der Waals surface area (Å²) in [4.78, 5) is 0. The van der Waals surface area contributed by atoms with Crippen LogP contribution in [-0.2, 0) is 5.41 Å². The molecule has 1 N–H and O–H groups in total. The van der Waals surface area contributed by atoms with Gasteiger partial charge >= 0.3 is 0 Å². The third kappa shape index (κ3) is 2.87. The summed E-state index contributed by atoms with van der Waals surface area (Å²) in [6.45, 7) is 7.05. The van der Waals surface area contributed by atoms with Crippen LogP contribution in [0.1, 0.15) is 37.9 Å².